The number of carbonyl (C=O) groups is 2. The summed E-state index contributed by atoms with van der Waals surface area (Å²) in [5.41, 5.74) is 4.67. The molecule has 0 N–H and O–H groups in total. The van der Waals surface area contributed by atoms with Crippen LogP contribution in [-0.2, 0) is 39.8 Å². The normalized spacial score (nSPS) is 16.3. The van der Waals surface area contributed by atoms with Gasteiger partial charge in [-0.3, -0.25) is 4.79 Å². The molecule has 0 bridgehead atoms. The number of sulfonamides is 1. The number of rotatable bonds is 14. The van der Waals surface area contributed by atoms with E-state index in [-0.39, 0.29) is 36.1 Å². The van der Waals surface area contributed by atoms with Gasteiger partial charge < -0.3 is 18.9 Å². The number of nitrogens with zero attached hydrogens (tertiary/aromatic N) is 4. The number of anilines is 1. The predicted molar refractivity (Wildman–Crippen MR) is 205 cm³/mol. The van der Waals surface area contributed by atoms with Crippen molar-refractivity contribution >= 4 is 27.6 Å². The molecule has 1 aromatic heterocycles. The summed E-state index contributed by atoms with van der Waals surface area (Å²) in [5, 5.41) is -0.145. The quantitative estimate of drug-likeness (QED) is 0.123. The van der Waals surface area contributed by atoms with Crippen LogP contribution in [0.3, 0.4) is 0 Å². The van der Waals surface area contributed by atoms with Gasteiger partial charge >= 0.3 is 5.97 Å². The molecule has 278 valence electrons. The summed E-state index contributed by atoms with van der Waals surface area (Å²) < 4.78 is 41.3. The average Bonchev–Trinajstić information content (AvgIpc) is 3.63. The summed E-state index contributed by atoms with van der Waals surface area (Å²) in [4.78, 5) is 33.3. The molecule has 1 amide bonds. The van der Waals surface area contributed by atoms with Crippen molar-refractivity contribution in [3.05, 3.63) is 131 Å². The van der Waals surface area contributed by atoms with Crippen molar-refractivity contribution in [1.29, 1.82) is 0 Å². The van der Waals surface area contributed by atoms with E-state index in [0.717, 1.165) is 27.4 Å². The van der Waals surface area contributed by atoms with Gasteiger partial charge in [0.15, 0.2) is 5.03 Å². The van der Waals surface area contributed by atoms with E-state index >= 15 is 0 Å². The van der Waals surface area contributed by atoms with Crippen molar-refractivity contribution < 1.29 is 27.5 Å². The number of aryl methyl sites for hydroxylation is 1. The molecule has 0 aliphatic heterocycles. The van der Waals surface area contributed by atoms with Crippen molar-refractivity contribution in [2.24, 2.45) is 13.0 Å². The minimum Gasteiger partial charge on any atom is -0.488 e. The zero-order chi connectivity index (χ0) is 37.4. The lowest BCUT2D eigenvalue weighted by Gasteiger charge is -2.27. The van der Waals surface area contributed by atoms with Gasteiger partial charge in [0.1, 0.15) is 24.5 Å². The first-order valence-corrected chi connectivity index (χ1v) is 19.7. The number of ether oxygens (including phenoxy) is 2. The second-order valence-corrected chi connectivity index (χ2v) is 16.1. The van der Waals surface area contributed by atoms with Crippen LogP contribution in [-0.4, -0.2) is 54.3 Å². The number of aromatic nitrogens is 2. The van der Waals surface area contributed by atoms with Crippen LogP contribution >= 0.6 is 0 Å². The second kappa shape index (κ2) is 17.2. The van der Waals surface area contributed by atoms with Gasteiger partial charge in [0, 0.05) is 32.0 Å². The first kappa shape index (κ1) is 37.7. The fourth-order valence-corrected chi connectivity index (χ4v) is 7.77. The SMILES string of the molecule is CC1C=CC(COC(=O)c2ccc(N(Cc3ccc(C4CCCCC4)cc3)C(=O)CN(C)S(=O)(=O)c3cn(C)cn3)cc2OCc2ccccc2)=CC1. The van der Waals surface area contributed by atoms with E-state index in [2.05, 4.69) is 36.2 Å². The highest BCUT2D eigenvalue weighted by Crippen LogP contribution is 2.34. The Kier molecular flexibility index (Phi) is 12.3. The summed E-state index contributed by atoms with van der Waals surface area (Å²) in [6, 6.07) is 22.9. The third-order valence-electron chi connectivity index (χ3n) is 9.91. The number of carbonyl (C=O) groups excluding carboxylic acids is 2. The summed E-state index contributed by atoms with van der Waals surface area (Å²) in [6.07, 6.45) is 15.9. The number of esters is 1. The molecule has 1 fully saturated rings. The highest BCUT2D eigenvalue weighted by molar-refractivity contribution is 7.89. The molecule has 6 rings (SSSR count). The molecule has 3 aromatic carbocycles. The zero-order valence-electron chi connectivity index (χ0n) is 30.7. The van der Waals surface area contributed by atoms with Crippen LogP contribution in [0.1, 0.15) is 78.4 Å². The molecule has 1 atom stereocenters. The zero-order valence-corrected chi connectivity index (χ0v) is 31.5. The number of likely N-dealkylation sites (N-methyl/N-ethyl adjacent to an activating group) is 1. The summed E-state index contributed by atoms with van der Waals surface area (Å²) >= 11 is 0. The lowest BCUT2D eigenvalue weighted by molar-refractivity contribution is -0.118. The molecule has 11 heteroatoms. The highest BCUT2D eigenvalue weighted by Gasteiger charge is 2.29. The van der Waals surface area contributed by atoms with E-state index in [0.29, 0.717) is 17.5 Å². The maximum Gasteiger partial charge on any atom is 0.342 e. The van der Waals surface area contributed by atoms with E-state index in [1.165, 1.54) is 62.1 Å². The lowest BCUT2D eigenvalue weighted by atomic mass is 9.84. The molecular formula is C42H48N4O6S. The number of hydrogen-bond acceptors (Lipinski definition) is 7. The number of benzene rings is 3. The fourth-order valence-electron chi connectivity index (χ4n) is 6.69. The Morgan fingerprint density at radius 1 is 0.943 bits per heavy atom. The van der Waals surface area contributed by atoms with Gasteiger partial charge in [-0.15, -0.1) is 0 Å². The minimum atomic E-state index is -4.05. The molecule has 0 spiro atoms. The van der Waals surface area contributed by atoms with Crippen molar-refractivity contribution in [2.45, 2.75) is 69.5 Å². The molecule has 0 saturated heterocycles. The Labute approximate surface area is 312 Å². The Morgan fingerprint density at radius 2 is 1.70 bits per heavy atom. The third kappa shape index (κ3) is 9.71. The van der Waals surface area contributed by atoms with Gasteiger partial charge in [-0.25, -0.2) is 18.2 Å². The first-order valence-electron chi connectivity index (χ1n) is 18.3. The molecule has 4 aromatic rings. The van der Waals surface area contributed by atoms with Crippen molar-refractivity contribution in [3.8, 4) is 5.75 Å². The van der Waals surface area contributed by atoms with Crippen molar-refractivity contribution in [2.75, 3.05) is 25.1 Å². The van der Waals surface area contributed by atoms with Gasteiger partial charge in [0.2, 0.25) is 5.91 Å². The number of imidazole rings is 1. The largest absolute Gasteiger partial charge is 0.488 e. The first-order chi connectivity index (χ1) is 25.6. The van der Waals surface area contributed by atoms with Crippen LogP contribution in [0.2, 0.25) is 0 Å². The maximum absolute atomic E-state index is 14.2. The van der Waals surface area contributed by atoms with Gasteiger partial charge in [0.05, 0.1) is 19.4 Å². The van der Waals surface area contributed by atoms with E-state index in [1.807, 2.05) is 48.5 Å². The number of amides is 1. The highest BCUT2D eigenvalue weighted by atomic mass is 32.2. The van der Waals surface area contributed by atoms with Gasteiger partial charge in [-0.2, -0.15) is 4.31 Å². The molecular weight excluding hydrogens is 689 g/mol. The lowest BCUT2D eigenvalue weighted by Crippen LogP contribution is -2.41. The van der Waals surface area contributed by atoms with E-state index in [4.69, 9.17) is 9.47 Å². The van der Waals surface area contributed by atoms with Crippen LogP contribution in [0.5, 0.6) is 5.75 Å². The fraction of sp³-hybridized carbons (Fsp3) is 0.357. The number of allylic oxidation sites excluding steroid dienone is 2. The monoisotopic (exact) mass is 736 g/mol. The molecule has 53 heavy (non-hydrogen) atoms. The Bertz CT molecular complexity index is 2050. The summed E-state index contributed by atoms with van der Waals surface area (Å²) in [5.74, 6) is 0.211. The van der Waals surface area contributed by atoms with Gasteiger partial charge in [-0.1, -0.05) is 99.0 Å². The molecule has 1 unspecified atom stereocenters. The standard InChI is InChI=1S/C42H48N4O6S/c1-31-14-16-34(17-15-31)29-52-42(48)38-23-22-37(24-39(38)51-28-33-10-6-4-7-11-33)46(25-32-18-20-36(21-19-32)35-12-8-5-9-13-35)41(47)27-45(3)53(49,50)40-26-44(2)30-43-40/h4,6-7,10-11,14,16-24,26,30-31,35H,5,8-9,12-13,15,25,27-29H2,1-3H3. The summed E-state index contributed by atoms with van der Waals surface area (Å²) in [7, 11) is -1.000. The van der Waals surface area contributed by atoms with Crippen LogP contribution in [0, 0.1) is 5.92 Å². The van der Waals surface area contributed by atoms with Crippen LogP contribution in [0.4, 0.5) is 5.69 Å². The predicted octanol–water partition coefficient (Wildman–Crippen LogP) is 7.58. The van der Waals surface area contributed by atoms with Crippen LogP contribution in [0.15, 0.2) is 114 Å². The Hall–Kier alpha value is -5.00. The van der Waals surface area contributed by atoms with Gasteiger partial charge in [0.25, 0.3) is 10.0 Å². The van der Waals surface area contributed by atoms with Crippen LogP contribution in [0.25, 0.3) is 0 Å². The molecule has 2 aliphatic rings. The minimum absolute atomic E-state index is 0.125. The van der Waals surface area contributed by atoms with E-state index in [1.54, 1.807) is 29.8 Å². The Balaban J connectivity index is 1.30. The second-order valence-electron chi connectivity index (χ2n) is 14.1. The third-order valence-corrected chi connectivity index (χ3v) is 11.6. The summed E-state index contributed by atoms with van der Waals surface area (Å²) in [6.45, 7) is 2.16. The van der Waals surface area contributed by atoms with Crippen molar-refractivity contribution in [1.82, 2.24) is 13.9 Å². The number of hydrogen-bond donors (Lipinski definition) is 0. The topological polar surface area (TPSA) is 111 Å². The smallest absolute Gasteiger partial charge is 0.342 e. The maximum atomic E-state index is 14.2. The molecule has 0 radical (unpaired) electrons. The van der Waals surface area contributed by atoms with Crippen LogP contribution < -0.4 is 9.64 Å². The van der Waals surface area contributed by atoms with Crippen molar-refractivity contribution in [3.63, 3.8) is 0 Å². The van der Waals surface area contributed by atoms with E-state index in [9.17, 15) is 18.0 Å². The average molecular weight is 737 g/mol. The molecule has 1 heterocycles. The molecule has 1 saturated carbocycles. The molecule has 2 aliphatic carbocycles. The Morgan fingerprint density at radius 3 is 2.38 bits per heavy atom. The van der Waals surface area contributed by atoms with E-state index < -0.39 is 28.4 Å². The van der Waals surface area contributed by atoms with Gasteiger partial charge in [-0.05, 0) is 65.5 Å². The molecule has 10 nitrogen and oxygen atoms in total.